The van der Waals surface area contributed by atoms with E-state index in [0.717, 1.165) is 60.7 Å². The van der Waals surface area contributed by atoms with Gasteiger partial charge in [0.25, 0.3) is 10.1 Å². The monoisotopic (exact) mass is 920 g/mol. The summed E-state index contributed by atoms with van der Waals surface area (Å²) in [6, 6.07) is 13.4. The normalized spacial score (nSPS) is 13.1. The topological polar surface area (TPSA) is 413 Å². The number of nitrogens with two attached hydrogens (primary N) is 2. The number of nitrogens with zero attached hydrogens (tertiary/aromatic N) is 6. The van der Waals surface area contributed by atoms with Crippen molar-refractivity contribution in [3.05, 3.63) is 78.4 Å². The number of benzene rings is 4. The van der Waals surface area contributed by atoms with Crippen LogP contribution in [-0.2, 0) is 59.0 Å². The molecule has 0 aromatic heterocycles. The van der Waals surface area contributed by atoms with Gasteiger partial charge in [0, 0.05) is 0 Å². The van der Waals surface area contributed by atoms with Crippen molar-refractivity contribution in [1.29, 1.82) is 0 Å². The number of aromatic carboxylic acids is 1. The van der Waals surface area contributed by atoms with Gasteiger partial charge in [-0.2, -0.15) is 35.5 Å². The van der Waals surface area contributed by atoms with Crippen LogP contribution in [0, 0.1) is 0 Å². The van der Waals surface area contributed by atoms with Gasteiger partial charge in [-0.3, -0.25) is 13.7 Å². The van der Waals surface area contributed by atoms with Crippen LogP contribution in [0.25, 0.3) is 0 Å². The first-order valence-electron chi connectivity index (χ1n) is 15.5. The summed E-state index contributed by atoms with van der Waals surface area (Å²) in [5.74, 6) is -3.46. The molecule has 0 saturated carbocycles. The molecule has 4 rings (SSSR count). The Labute approximate surface area is 334 Å². The predicted molar refractivity (Wildman–Crippen MR) is 203 cm³/mol. The van der Waals surface area contributed by atoms with E-state index in [9.17, 15) is 56.5 Å². The van der Waals surface area contributed by atoms with Crippen LogP contribution < -0.4 is 11.5 Å². The lowest BCUT2D eigenvalue weighted by Crippen LogP contribution is -2.15. The number of nitrogen functional groups attached to an aromatic ring is 2. The molecule has 0 aliphatic carbocycles. The summed E-state index contributed by atoms with van der Waals surface area (Å²) in [5.41, 5.74) is 7.99. The molecule has 0 fully saturated rings. The summed E-state index contributed by atoms with van der Waals surface area (Å²) in [4.78, 5) is 11.3. The van der Waals surface area contributed by atoms with Crippen molar-refractivity contribution in [1.82, 2.24) is 0 Å². The Hall–Kier alpha value is -5.70. The minimum Gasteiger partial charge on any atom is -0.478 e. The first-order valence-corrected chi connectivity index (χ1v) is 23.0. The van der Waals surface area contributed by atoms with Gasteiger partial charge in [-0.1, -0.05) is 12.1 Å². The molecule has 0 aliphatic rings. The number of azo groups is 3. The van der Waals surface area contributed by atoms with Gasteiger partial charge >= 0.3 is 26.8 Å². The van der Waals surface area contributed by atoms with Crippen molar-refractivity contribution in [2.45, 2.75) is 14.7 Å². The second-order valence-corrected chi connectivity index (χ2v) is 19.0. The van der Waals surface area contributed by atoms with Crippen molar-refractivity contribution in [2.75, 3.05) is 36.2 Å². The molecule has 59 heavy (non-hydrogen) atoms. The molecule has 0 bridgehead atoms. The Morgan fingerprint density at radius 2 is 0.932 bits per heavy atom. The van der Waals surface area contributed by atoms with Crippen molar-refractivity contribution >= 4 is 102 Å². The number of carboxylic acids is 1. The van der Waals surface area contributed by atoms with E-state index in [1.165, 1.54) is 12.1 Å². The Morgan fingerprint density at radius 1 is 0.542 bits per heavy atom. The summed E-state index contributed by atoms with van der Waals surface area (Å²) < 4.78 is 152. The average molecular weight is 921 g/mol. The molecule has 0 amide bonds. The zero-order valence-corrected chi connectivity index (χ0v) is 33.3. The molecule has 316 valence electrons. The number of rotatable bonds is 18. The van der Waals surface area contributed by atoms with Gasteiger partial charge in [-0.25, -0.2) is 30.0 Å². The SMILES string of the molecule is Nc1c(N=Nc2ccc(S(=O)(=O)CCOS(=O)(=O)O)cc2)c(C(=O)O)c(N=Nc2ccccc2S(=O)(=O)O)c(N)c1/N=N\c1ccc(S(=O)(=O)CCOS(=O)(=O)O)cc1. The van der Waals surface area contributed by atoms with E-state index in [1.54, 1.807) is 0 Å². The maximum absolute atomic E-state index is 12.7. The molecule has 8 N–H and O–H groups in total. The zero-order chi connectivity index (χ0) is 44.0. The van der Waals surface area contributed by atoms with Crippen molar-refractivity contribution in [3.8, 4) is 0 Å². The van der Waals surface area contributed by atoms with E-state index >= 15 is 0 Å². The summed E-state index contributed by atoms with van der Waals surface area (Å²) in [6.45, 7) is -1.79. The van der Waals surface area contributed by atoms with Crippen molar-refractivity contribution in [2.24, 2.45) is 30.7 Å². The van der Waals surface area contributed by atoms with Gasteiger partial charge < -0.3 is 16.6 Å². The fourth-order valence-electron chi connectivity index (χ4n) is 4.52. The second-order valence-electron chi connectivity index (χ2n) is 11.2. The molecular weight excluding hydrogens is 893 g/mol. The molecule has 0 radical (unpaired) electrons. The maximum atomic E-state index is 12.7. The molecule has 0 saturated heterocycles. The first-order chi connectivity index (χ1) is 27.3. The molecule has 4 aromatic carbocycles. The highest BCUT2D eigenvalue weighted by atomic mass is 32.3. The van der Waals surface area contributed by atoms with Crippen LogP contribution in [-0.4, -0.2) is 91.5 Å². The number of hydrogen-bond donors (Lipinski definition) is 6. The van der Waals surface area contributed by atoms with Crippen LogP contribution in [0.15, 0.2) is 118 Å². The third kappa shape index (κ3) is 12.6. The maximum Gasteiger partial charge on any atom is 0.397 e. The highest BCUT2D eigenvalue weighted by Gasteiger charge is 2.27. The van der Waals surface area contributed by atoms with Gasteiger partial charge in [0.2, 0.25) is 0 Å². The minimum atomic E-state index is -4.90. The van der Waals surface area contributed by atoms with Crippen LogP contribution in [0.1, 0.15) is 10.4 Å². The predicted octanol–water partition coefficient (Wildman–Crippen LogP) is 4.23. The van der Waals surface area contributed by atoms with Crippen LogP contribution in [0.3, 0.4) is 0 Å². The van der Waals surface area contributed by atoms with Crippen LogP contribution in [0.5, 0.6) is 0 Å². The Balaban J connectivity index is 1.81. The highest BCUT2D eigenvalue weighted by molar-refractivity contribution is 7.91. The molecule has 0 spiro atoms. The molecule has 0 unspecified atom stereocenters. The van der Waals surface area contributed by atoms with E-state index in [1.807, 2.05) is 0 Å². The zero-order valence-electron chi connectivity index (χ0n) is 29.2. The average Bonchev–Trinajstić information content (AvgIpc) is 3.12. The van der Waals surface area contributed by atoms with Gasteiger partial charge in [0.05, 0.1) is 57.3 Å². The second kappa shape index (κ2) is 18.1. The lowest BCUT2D eigenvalue weighted by molar-refractivity contribution is 0.0698. The van der Waals surface area contributed by atoms with Gasteiger partial charge in [-0.05, 0) is 60.7 Å². The Morgan fingerprint density at radius 3 is 1.32 bits per heavy atom. The molecule has 25 nitrogen and oxygen atoms in total. The number of sulfone groups is 2. The van der Waals surface area contributed by atoms with E-state index in [-0.39, 0.29) is 21.2 Å². The first kappa shape index (κ1) is 46.0. The molecule has 30 heteroatoms. The fourth-order valence-corrected chi connectivity index (χ4v) is 8.12. The highest BCUT2D eigenvalue weighted by Crippen LogP contribution is 2.49. The third-order valence-electron chi connectivity index (χ3n) is 7.20. The smallest absolute Gasteiger partial charge is 0.397 e. The van der Waals surface area contributed by atoms with Gasteiger partial charge in [-0.15, -0.1) is 20.5 Å². The minimum absolute atomic E-state index is 0.0488. The van der Waals surface area contributed by atoms with E-state index in [2.05, 4.69) is 39.1 Å². The van der Waals surface area contributed by atoms with E-state index in [4.69, 9.17) is 20.6 Å². The summed E-state index contributed by atoms with van der Waals surface area (Å²) in [6.07, 6.45) is 0. The molecule has 4 aromatic rings. The number of carbonyl (C=O) groups is 1. The number of hydrogen-bond acceptors (Lipinski definition) is 21. The molecule has 0 aliphatic heterocycles. The third-order valence-corrected chi connectivity index (χ3v) is 12.4. The van der Waals surface area contributed by atoms with Crippen molar-refractivity contribution in [3.63, 3.8) is 0 Å². The largest absolute Gasteiger partial charge is 0.478 e. The van der Waals surface area contributed by atoms with Gasteiger partial charge in [0.15, 0.2) is 19.7 Å². The van der Waals surface area contributed by atoms with Gasteiger partial charge in [0.1, 0.15) is 33.2 Å². The number of carboxylic acid groups (broad SMARTS) is 1. The Kier molecular flexibility index (Phi) is 14.1. The molecule has 0 atom stereocenters. The summed E-state index contributed by atoms with van der Waals surface area (Å²) in [7, 11) is -22.9. The fraction of sp³-hybridized carbons (Fsp3) is 0.138. The summed E-state index contributed by atoms with van der Waals surface area (Å²) >= 11 is 0. The molecule has 0 heterocycles. The van der Waals surface area contributed by atoms with E-state index < -0.39 is 126 Å². The number of anilines is 2. The van der Waals surface area contributed by atoms with Crippen molar-refractivity contribution < 1.29 is 74.0 Å². The standard InChI is InChI=1S/C29H28N8O17S5/c30-24-26(35-32-17-5-9-19(10-6-17)55(40,41)15-13-53-58(47,48)49)23(29(38)39)27(36-34-21-3-1-2-4-22(21)57(44,45)46)25(31)28(24)37-33-18-7-11-20(12-8-18)56(42,43)16-14-54-59(50,51)52/h1-12H,13-16,30-31H2,(H,38,39)(H,44,45,46)(H,47,48,49)(H,50,51,52)/b35-32?,36-34?,37-33-. The van der Waals surface area contributed by atoms with E-state index in [0.29, 0.717) is 0 Å². The van der Waals surface area contributed by atoms with Crippen LogP contribution in [0.4, 0.5) is 45.5 Å². The van der Waals surface area contributed by atoms with Crippen LogP contribution in [0.2, 0.25) is 0 Å². The Bertz CT molecular complexity index is 2920. The molecular formula is C29H28N8O17S5. The van der Waals surface area contributed by atoms with Crippen LogP contribution >= 0.6 is 0 Å². The quantitative estimate of drug-likeness (QED) is 0.0462. The lowest BCUT2D eigenvalue weighted by Gasteiger charge is -2.13. The summed E-state index contributed by atoms with van der Waals surface area (Å²) in [5, 5.41) is 33.6. The lowest BCUT2D eigenvalue weighted by atomic mass is 10.1.